The summed E-state index contributed by atoms with van der Waals surface area (Å²) in [6, 6.07) is 13.7. The SMILES string of the molecule is CNC(c1cccc(CC(C)C)c1)c1ccc(F)cc1I. The van der Waals surface area contributed by atoms with Gasteiger partial charge in [-0.05, 0) is 70.8 Å². The number of benzene rings is 2. The van der Waals surface area contributed by atoms with Crippen LogP contribution < -0.4 is 5.32 Å². The molecule has 2 rings (SSSR count). The van der Waals surface area contributed by atoms with Gasteiger partial charge in [0.1, 0.15) is 5.82 Å². The fourth-order valence-electron chi connectivity index (χ4n) is 2.61. The fraction of sp³-hybridized carbons (Fsp3) is 0.333. The highest BCUT2D eigenvalue weighted by Crippen LogP contribution is 2.27. The second kappa shape index (κ2) is 7.36. The van der Waals surface area contributed by atoms with E-state index in [1.807, 2.05) is 13.1 Å². The molecule has 0 saturated carbocycles. The van der Waals surface area contributed by atoms with E-state index in [9.17, 15) is 4.39 Å². The van der Waals surface area contributed by atoms with Gasteiger partial charge < -0.3 is 5.32 Å². The van der Waals surface area contributed by atoms with Gasteiger partial charge in [0, 0.05) is 3.57 Å². The molecule has 1 N–H and O–H groups in total. The van der Waals surface area contributed by atoms with Gasteiger partial charge in [0.05, 0.1) is 6.04 Å². The summed E-state index contributed by atoms with van der Waals surface area (Å²) >= 11 is 2.20. The molecule has 1 nitrogen and oxygen atoms in total. The van der Waals surface area contributed by atoms with Gasteiger partial charge in [-0.15, -0.1) is 0 Å². The van der Waals surface area contributed by atoms with E-state index >= 15 is 0 Å². The average molecular weight is 397 g/mol. The first kappa shape index (κ1) is 16.4. The van der Waals surface area contributed by atoms with Crippen molar-refractivity contribution in [3.63, 3.8) is 0 Å². The largest absolute Gasteiger partial charge is 0.309 e. The summed E-state index contributed by atoms with van der Waals surface area (Å²) in [4.78, 5) is 0. The van der Waals surface area contributed by atoms with E-state index in [-0.39, 0.29) is 11.9 Å². The van der Waals surface area contributed by atoms with Crippen LogP contribution in [-0.4, -0.2) is 7.05 Å². The molecule has 0 heterocycles. The standard InChI is InChI=1S/C18H21FIN/c1-12(2)9-13-5-4-6-14(10-13)18(21-3)16-8-7-15(19)11-17(16)20/h4-8,10-12,18,21H,9H2,1-3H3. The van der Waals surface area contributed by atoms with Crippen molar-refractivity contribution in [2.24, 2.45) is 5.92 Å². The Balaban J connectivity index is 2.37. The molecule has 21 heavy (non-hydrogen) atoms. The van der Waals surface area contributed by atoms with Crippen molar-refractivity contribution in [2.75, 3.05) is 7.05 Å². The third kappa shape index (κ3) is 4.27. The second-order valence-electron chi connectivity index (χ2n) is 5.73. The number of rotatable bonds is 5. The third-order valence-corrected chi connectivity index (χ3v) is 4.42. The minimum Gasteiger partial charge on any atom is -0.309 e. The van der Waals surface area contributed by atoms with E-state index in [2.05, 4.69) is 66.0 Å². The molecular formula is C18H21FIN. The lowest BCUT2D eigenvalue weighted by atomic mass is 9.94. The molecule has 0 spiro atoms. The summed E-state index contributed by atoms with van der Waals surface area (Å²) in [5.41, 5.74) is 3.68. The van der Waals surface area contributed by atoms with Crippen LogP contribution in [0.5, 0.6) is 0 Å². The van der Waals surface area contributed by atoms with E-state index in [0.29, 0.717) is 5.92 Å². The molecule has 112 valence electrons. The summed E-state index contributed by atoms with van der Waals surface area (Å²) in [6.07, 6.45) is 1.07. The van der Waals surface area contributed by atoms with Gasteiger partial charge in [-0.2, -0.15) is 0 Å². The Morgan fingerprint density at radius 3 is 2.52 bits per heavy atom. The predicted octanol–water partition coefficient (Wildman–Crippen LogP) is 4.94. The highest BCUT2D eigenvalue weighted by atomic mass is 127. The molecule has 0 radical (unpaired) electrons. The van der Waals surface area contributed by atoms with E-state index < -0.39 is 0 Å². The number of nitrogens with one attached hydrogen (secondary N) is 1. The van der Waals surface area contributed by atoms with Gasteiger partial charge >= 0.3 is 0 Å². The lowest BCUT2D eigenvalue weighted by molar-refractivity contribution is 0.620. The molecule has 0 saturated heterocycles. The Morgan fingerprint density at radius 2 is 1.90 bits per heavy atom. The van der Waals surface area contributed by atoms with Crippen LogP contribution in [0, 0.1) is 15.3 Å². The van der Waals surface area contributed by atoms with Crippen LogP contribution in [0.4, 0.5) is 4.39 Å². The lowest BCUT2D eigenvalue weighted by Crippen LogP contribution is -2.19. The zero-order valence-electron chi connectivity index (χ0n) is 12.7. The van der Waals surface area contributed by atoms with Crippen molar-refractivity contribution >= 4 is 22.6 Å². The van der Waals surface area contributed by atoms with Crippen LogP contribution in [0.3, 0.4) is 0 Å². The molecular weight excluding hydrogens is 376 g/mol. The maximum absolute atomic E-state index is 13.3. The van der Waals surface area contributed by atoms with E-state index in [0.717, 1.165) is 15.6 Å². The Hall–Kier alpha value is -0.940. The van der Waals surface area contributed by atoms with Gasteiger partial charge in [-0.3, -0.25) is 0 Å². The van der Waals surface area contributed by atoms with Gasteiger partial charge in [0.15, 0.2) is 0 Å². The molecule has 2 aromatic rings. The maximum atomic E-state index is 13.3. The first-order chi connectivity index (χ1) is 10.0. The predicted molar refractivity (Wildman–Crippen MR) is 95.0 cm³/mol. The monoisotopic (exact) mass is 397 g/mol. The van der Waals surface area contributed by atoms with Crippen LogP contribution >= 0.6 is 22.6 Å². The van der Waals surface area contributed by atoms with Crippen LogP contribution in [0.2, 0.25) is 0 Å². The lowest BCUT2D eigenvalue weighted by Gasteiger charge is -2.20. The molecule has 0 aliphatic heterocycles. The molecule has 0 fully saturated rings. The minimum atomic E-state index is -0.188. The molecule has 1 unspecified atom stereocenters. The van der Waals surface area contributed by atoms with E-state index in [1.54, 1.807) is 6.07 Å². The normalized spacial score (nSPS) is 12.7. The minimum absolute atomic E-state index is 0.0876. The Morgan fingerprint density at radius 1 is 1.14 bits per heavy atom. The van der Waals surface area contributed by atoms with Crippen molar-refractivity contribution < 1.29 is 4.39 Å². The Labute approximate surface area is 140 Å². The van der Waals surface area contributed by atoms with Crippen molar-refractivity contribution in [3.8, 4) is 0 Å². The summed E-state index contributed by atoms with van der Waals surface area (Å²) in [5.74, 6) is 0.450. The van der Waals surface area contributed by atoms with Crippen LogP contribution in [0.15, 0.2) is 42.5 Å². The first-order valence-electron chi connectivity index (χ1n) is 7.22. The molecule has 1 atom stereocenters. The van der Waals surface area contributed by atoms with E-state index in [4.69, 9.17) is 0 Å². The topological polar surface area (TPSA) is 12.0 Å². The van der Waals surface area contributed by atoms with Gasteiger partial charge in [0.25, 0.3) is 0 Å². The molecule has 3 heteroatoms. The van der Waals surface area contributed by atoms with Gasteiger partial charge in [-0.25, -0.2) is 4.39 Å². The molecule has 2 aromatic carbocycles. The fourth-order valence-corrected chi connectivity index (χ4v) is 3.40. The van der Waals surface area contributed by atoms with Crippen LogP contribution in [0.25, 0.3) is 0 Å². The summed E-state index contributed by atoms with van der Waals surface area (Å²) < 4.78 is 14.2. The van der Waals surface area contributed by atoms with Crippen LogP contribution in [0.1, 0.15) is 36.6 Å². The highest BCUT2D eigenvalue weighted by molar-refractivity contribution is 14.1. The summed E-state index contributed by atoms with van der Waals surface area (Å²) in [7, 11) is 1.94. The highest BCUT2D eigenvalue weighted by Gasteiger charge is 2.15. The Kier molecular flexibility index (Phi) is 5.76. The van der Waals surface area contributed by atoms with Gasteiger partial charge in [0.2, 0.25) is 0 Å². The summed E-state index contributed by atoms with van der Waals surface area (Å²) in [5, 5.41) is 3.35. The molecule has 0 amide bonds. The molecule has 0 aliphatic carbocycles. The zero-order valence-corrected chi connectivity index (χ0v) is 14.8. The summed E-state index contributed by atoms with van der Waals surface area (Å²) in [6.45, 7) is 4.45. The number of hydrogen-bond acceptors (Lipinski definition) is 1. The van der Waals surface area contributed by atoms with Crippen molar-refractivity contribution in [1.82, 2.24) is 5.32 Å². The number of hydrogen-bond donors (Lipinski definition) is 1. The average Bonchev–Trinajstić information content (AvgIpc) is 2.41. The van der Waals surface area contributed by atoms with Crippen molar-refractivity contribution in [1.29, 1.82) is 0 Å². The maximum Gasteiger partial charge on any atom is 0.124 e. The Bertz CT molecular complexity index is 610. The van der Waals surface area contributed by atoms with Crippen molar-refractivity contribution in [2.45, 2.75) is 26.3 Å². The molecule has 0 aromatic heterocycles. The first-order valence-corrected chi connectivity index (χ1v) is 8.30. The third-order valence-electron chi connectivity index (χ3n) is 3.49. The van der Waals surface area contributed by atoms with E-state index in [1.165, 1.54) is 17.2 Å². The van der Waals surface area contributed by atoms with Crippen molar-refractivity contribution in [3.05, 3.63) is 68.5 Å². The smallest absolute Gasteiger partial charge is 0.124 e. The second-order valence-corrected chi connectivity index (χ2v) is 6.89. The molecule has 0 aliphatic rings. The quantitative estimate of drug-likeness (QED) is 0.705. The van der Waals surface area contributed by atoms with Crippen LogP contribution in [-0.2, 0) is 6.42 Å². The number of halogens is 2. The molecule has 0 bridgehead atoms. The van der Waals surface area contributed by atoms with Gasteiger partial charge in [-0.1, -0.05) is 44.2 Å². The zero-order chi connectivity index (χ0) is 15.4.